The molecule has 1 N–H and O–H groups in total. The second-order valence-electron chi connectivity index (χ2n) is 7.53. The second kappa shape index (κ2) is 8.91. The van der Waals surface area contributed by atoms with Gasteiger partial charge in [-0.25, -0.2) is 9.37 Å². The Hall–Kier alpha value is -2.81. The summed E-state index contributed by atoms with van der Waals surface area (Å²) in [5.74, 6) is -0.328. The van der Waals surface area contributed by atoms with E-state index in [1.807, 2.05) is 6.92 Å². The molecule has 0 spiro atoms. The Bertz CT molecular complexity index is 1110. The van der Waals surface area contributed by atoms with Crippen molar-refractivity contribution in [1.82, 2.24) is 19.9 Å². The van der Waals surface area contributed by atoms with Crippen LogP contribution in [0.1, 0.15) is 31.7 Å². The number of nitrogens with one attached hydrogen (secondary N) is 1. The van der Waals surface area contributed by atoms with Crippen LogP contribution in [-0.4, -0.2) is 40.1 Å². The van der Waals surface area contributed by atoms with E-state index < -0.39 is 0 Å². The molecule has 1 aliphatic heterocycles. The number of aromatic nitrogens is 3. The smallest absolute Gasteiger partial charge is 0.273 e. The number of hydrogen-bond acceptors (Lipinski definition) is 6. The summed E-state index contributed by atoms with van der Waals surface area (Å²) >= 11 is 1.30. The third-order valence-electron chi connectivity index (χ3n) is 5.23. The van der Waals surface area contributed by atoms with E-state index in [-0.39, 0.29) is 29.7 Å². The molecule has 9 heteroatoms. The van der Waals surface area contributed by atoms with Gasteiger partial charge in [-0.3, -0.25) is 14.2 Å². The zero-order chi connectivity index (χ0) is 21.1. The van der Waals surface area contributed by atoms with Crippen molar-refractivity contribution in [2.45, 2.75) is 32.7 Å². The molecule has 7 nitrogen and oxygen atoms in total. The first kappa shape index (κ1) is 20.5. The fourth-order valence-corrected chi connectivity index (χ4v) is 4.68. The van der Waals surface area contributed by atoms with Gasteiger partial charge in [0.25, 0.3) is 5.56 Å². The maximum atomic E-state index is 13.4. The summed E-state index contributed by atoms with van der Waals surface area (Å²) in [6.45, 7) is 4.35. The molecule has 4 rings (SSSR count). The van der Waals surface area contributed by atoms with Crippen molar-refractivity contribution in [1.29, 1.82) is 0 Å². The van der Waals surface area contributed by atoms with E-state index in [1.54, 1.807) is 12.1 Å². The standard InChI is InChI=1S/C21H24FN5O2S/c1-2-8-23-19(28)15-6-4-9-26(12-15)21-25-18-17(30-21)20(29)27(13-24-18)11-14-5-3-7-16(22)10-14/h3,5,7,10,13,15H,2,4,6,8-9,11-12H2,1H3,(H,23,28). The minimum Gasteiger partial charge on any atom is -0.356 e. The minimum absolute atomic E-state index is 0.0742. The first-order chi connectivity index (χ1) is 14.5. The predicted molar refractivity (Wildman–Crippen MR) is 115 cm³/mol. The molecule has 158 valence electrons. The molecule has 0 aliphatic carbocycles. The molecule has 2 aromatic heterocycles. The van der Waals surface area contributed by atoms with Gasteiger partial charge in [0, 0.05) is 19.6 Å². The van der Waals surface area contributed by atoms with Gasteiger partial charge in [-0.15, -0.1) is 0 Å². The maximum absolute atomic E-state index is 13.4. The molecular weight excluding hydrogens is 405 g/mol. The summed E-state index contributed by atoms with van der Waals surface area (Å²) in [6.07, 6.45) is 4.12. The summed E-state index contributed by atoms with van der Waals surface area (Å²) < 4.78 is 15.4. The number of hydrogen-bond donors (Lipinski definition) is 1. The van der Waals surface area contributed by atoms with Crippen molar-refractivity contribution >= 4 is 32.7 Å². The first-order valence-corrected chi connectivity index (χ1v) is 11.0. The zero-order valence-corrected chi connectivity index (χ0v) is 17.6. The highest BCUT2D eigenvalue weighted by atomic mass is 32.1. The van der Waals surface area contributed by atoms with Crippen LogP contribution in [0.2, 0.25) is 0 Å². The van der Waals surface area contributed by atoms with Crippen LogP contribution in [-0.2, 0) is 11.3 Å². The van der Waals surface area contributed by atoms with E-state index in [0.29, 0.717) is 34.1 Å². The quantitative estimate of drug-likeness (QED) is 0.652. The molecular formula is C21H24FN5O2S. The number of thiazole rings is 1. The highest BCUT2D eigenvalue weighted by molar-refractivity contribution is 7.22. The molecule has 3 aromatic rings. The SMILES string of the molecule is CCCNC(=O)C1CCCN(c2nc3ncn(Cc4cccc(F)c4)c(=O)c3s2)C1. The lowest BCUT2D eigenvalue weighted by Crippen LogP contribution is -2.43. The van der Waals surface area contributed by atoms with Crippen molar-refractivity contribution in [3.8, 4) is 0 Å². The van der Waals surface area contributed by atoms with Gasteiger partial charge in [0.2, 0.25) is 5.91 Å². The molecule has 30 heavy (non-hydrogen) atoms. The Morgan fingerprint density at radius 2 is 2.27 bits per heavy atom. The number of amides is 1. The van der Waals surface area contributed by atoms with Crippen LogP contribution in [0.15, 0.2) is 35.4 Å². The number of halogens is 1. The van der Waals surface area contributed by atoms with Gasteiger partial charge in [-0.2, -0.15) is 4.98 Å². The van der Waals surface area contributed by atoms with Crippen molar-refractivity contribution in [3.63, 3.8) is 0 Å². The topological polar surface area (TPSA) is 80.1 Å². The number of nitrogens with zero attached hydrogens (tertiary/aromatic N) is 4. The number of anilines is 1. The molecule has 0 bridgehead atoms. The molecule has 0 radical (unpaired) electrons. The highest BCUT2D eigenvalue weighted by Gasteiger charge is 2.27. The number of benzene rings is 1. The fourth-order valence-electron chi connectivity index (χ4n) is 3.67. The molecule has 1 aromatic carbocycles. The average molecular weight is 430 g/mol. The van der Waals surface area contributed by atoms with Crippen LogP contribution < -0.4 is 15.8 Å². The highest BCUT2D eigenvalue weighted by Crippen LogP contribution is 2.29. The van der Waals surface area contributed by atoms with Gasteiger partial charge < -0.3 is 10.2 Å². The van der Waals surface area contributed by atoms with E-state index >= 15 is 0 Å². The summed E-state index contributed by atoms with van der Waals surface area (Å²) in [7, 11) is 0. The molecule has 1 fully saturated rings. The Morgan fingerprint density at radius 1 is 1.40 bits per heavy atom. The van der Waals surface area contributed by atoms with Crippen molar-refractivity contribution in [3.05, 3.63) is 52.3 Å². The average Bonchev–Trinajstić information content (AvgIpc) is 3.19. The molecule has 0 saturated carbocycles. The van der Waals surface area contributed by atoms with Gasteiger partial charge in [-0.1, -0.05) is 30.4 Å². The Morgan fingerprint density at radius 3 is 3.07 bits per heavy atom. The molecule has 1 atom stereocenters. The van der Waals surface area contributed by atoms with Crippen molar-refractivity contribution in [2.75, 3.05) is 24.5 Å². The Balaban J connectivity index is 1.55. The lowest BCUT2D eigenvalue weighted by atomic mass is 9.97. The largest absolute Gasteiger partial charge is 0.356 e. The number of rotatable bonds is 6. The number of carbonyl (C=O) groups excluding carboxylic acids is 1. The lowest BCUT2D eigenvalue weighted by molar-refractivity contribution is -0.125. The number of piperidine rings is 1. The van der Waals surface area contributed by atoms with Gasteiger partial charge in [0.1, 0.15) is 16.8 Å². The van der Waals surface area contributed by atoms with Crippen LogP contribution in [0.3, 0.4) is 0 Å². The van der Waals surface area contributed by atoms with E-state index in [1.165, 1.54) is 34.4 Å². The number of carbonyl (C=O) groups is 1. The first-order valence-electron chi connectivity index (χ1n) is 10.2. The van der Waals surface area contributed by atoms with Crippen LogP contribution in [0.25, 0.3) is 10.3 Å². The van der Waals surface area contributed by atoms with Gasteiger partial charge in [0.15, 0.2) is 10.8 Å². The molecule has 1 aliphatic rings. The second-order valence-corrected chi connectivity index (χ2v) is 8.51. The van der Waals surface area contributed by atoms with Gasteiger partial charge >= 0.3 is 0 Å². The summed E-state index contributed by atoms with van der Waals surface area (Å²) in [4.78, 5) is 36.2. The normalized spacial score (nSPS) is 16.7. The van der Waals surface area contributed by atoms with Gasteiger partial charge in [-0.05, 0) is 37.0 Å². The van der Waals surface area contributed by atoms with E-state index in [0.717, 1.165) is 25.8 Å². The van der Waals surface area contributed by atoms with Crippen LogP contribution in [0, 0.1) is 11.7 Å². The maximum Gasteiger partial charge on any atom is 0.273 e. The van der Waals surface area contributed by atoms with E-state index in [4.69, 9.17) is 0 Å². The molecule has 1 amide bonds. The predicted octanol–water partition coefficient (Wildman–Crippen LogP) is 2.78. The third kappa shape index (κ3) is 4.35. The van der Waals surface area contributed by atoms with Crippen LogP contribution in [0.4, 0.5) is 9.52 Å². The van der Waals surface area contributed by atoms with Crippen LogP contribution >= 0.6 is 11.3 Å². The van der Waals surface area contributed by atoms with Crippen molar-refractivity contribution in [2.24, 2.45) is 5.92 Å². The van der Waals surface area contributed by atoms with E-state index in [2.05, 4.69) is 20.2 Å². The summed E-state index contributed by atoms with van der Waals surface area (Å²) in [6, 6.07) is 6.18. The lowest BCUT2D eigenvalue weighted by Gasteiger charge is -2.31. The minimum atomic E-state index is -0.336. The monoisotopic (exact) mass is 429 g/mol. The number of fused-ring (bicyclic) bond motifs is 1. The fraction of sp³-hybridized carbons (Fsp3) is 0.429. The summed E-state index contributed by atoms with van der Waals surface area (Å²) in [5.41, 5.74) is 0.912. The Labute approximate surface area is 177 Å². The van der Waals surface area contributed by atoms with Crippen molar-refractivity contribution < 1.29 is 9.18 Å². The third-order valence-corrected chi connectivity index (χ3v) is 6.32. The molecule has 1 saturated heterocycles. The molecule has 3 heterocycles. The van der Waals surface area contributed by atoms with Gasteiger partial charge in [0.05, 0.1) is 12.5 Å². The van der Waals surface area contributed by atoms with Crippen LogP contribution in [0.5, 0.6) is 0 Å². The Kier molecular flexibility index (Phi) is 6.08. The summed E-state index contributed by atoms with van der Waals surface area (Å²) in [5, 5.41) is 3.68. The van der Waals surface area contributed by atoms with E-state index in [9.17, 15) is 14.0 Å². The molecule has 1 unspecified atom stereocenters. The zero-order valence-electron chi connectivity index (χ0n) is 16.8.